The quantitative estimate of drug-likeness (QED) is 0.455. The number of amides is 3. The van der Waals surface area contributed by atoms with Crippen LogP contribution in [0.2, 0.25) is 10.0 Å². The van der Waals surface area contributed by atoms with Crippen molar-refractivity contribution in [1.29, 1.82) is 0 Å². The number of carbonyl (C=O) groups is 3. The van der Waals surface area contributed by atoms with Crippen LogP contribution in [0.3, 0.4) is 0 Å². The van der Waals surface area contributed by atoms with Crippen molar-refractivity contribution in [1.82, 2.24) is 16.0 Å². The number of hydrogen-bond acceptors (Lipinski definition) is 3. The van der Waals surface area contributed by atoms with E-state index in [1.54, 1.807) is 6.07 Å². The Labute approximate surface area is 209 Å². The largest absolute Gasteiger partial charge is 0.480 e. The monoisotopic (exact) mass is 507 g/mol. The molecule has 3 amide bonds. The number of carbonyl (C=O) groups excluding carboxylic acids is 2. The van der Waals surface area contributed by atoms with Gasteiger partial charge in [0.15, 0.2) is 0 Å². The highest BCUT2D eigenvalue weighted by molar-refractivity contribution is 6.39. The summed E-state index contributed by atoms with van der Waals surface area (Å²) in [5.74, 6) is 1.73. The molecule has 1 aromatic rings. The van der Waals surface area contributed by atoms with E-state index in [9.17, 15) is 19.5 Å². The Kier molecular flexibility index (Phi) is 6.44. The van der Waals surface area contributed by atoms with Crippen LogP contribution in [0.25, 0.3) is 0 Å². The molecule has 5 atom stereocenters. The molecule has 9 heteroatoms. The Morgan fingerprint density at radius 3 is 2.41 bits per heavy atom. The molecule has 4 unspecified atom stereocenters. The Hall–Kier alpha value is -1.99. The Bertz CT molecular complexity index is 970. The van der Waals surface area contributed by atoms with Gasteiger partial charge in [-0.2, -0.15) is 0 Å². The van der Waals surface area contributed by atoms with Gasteiger partial charge in [0.2, 0.25) is 0 Å². The molecule has 5 saturated carbocycles. The molecular formula is C25H31Cl2N3O4. The summed E-state index contributed by atoms with van der Waals surface area (Å²) in [6.07, 6.45) is 10.0. The Morgan fingerprint density at radius 1 is 1.06 bits per heavy atom. The van der Waals surface area contributed by atoms with Crippen LogP contribution in [0.15, 0.2) is 18.2 Å². The molecule has 0 aromatic heterocycles. The van der Waals surface area contributed by atoms with E-state index in [1.165, 1.54) is 50.7 Å². The van der Waals surface area contributed by atoms with Gasteiger partial charge in [0.05, 0.1) is 22.2 Å². The normalized spacial score (nSPS) is 34.1. The minimum absolute atomic E-state index is 0.00636. The van der Waals surface area contributed by atoms with E-state index in [2.05, 4.69) is 16.0 Å². The maximum absolute atomic E-state index is 12.5. The average Bonchev–Trinajstić information content (AvgIpc) is 3.19. The number of aliphatic carboxylic acids is 1. The van der Waals surface area contributed by atoms with E-state index in [-0.39, 0.29) is 28.2 Å². The summed E-state index contributed by atoms with van der Waals surface area (Å²) in [5.41, 5.74) is 0.511. The van der Waals surface area contributed by atoms with Gasteiger partial charge in [-0.3, -0.25) is 4.79 Å². The molecule has 0 aliphatic heterocycles. The molecule has 0 radical (unpaired) electrons. The minimum atomic E-state index is -1.32. The average molecular weight is 508 g/mol. The van der Waals surface area contributed by atoms with E-state index in [4.69, 9.17) is 23.2 Å². The Morgan fingerprint density at radius 2 is 1.76 bits per heavy atom. The second-order valence-corrected chi connectivity index (χ2v) is 11.5. The summed E-state index contributed by atoms with van der Waals surface area (Å²) < 4.78 is 0. The number of hydrogen-bond donors (Lipinski definition) is 4. The van der Waals surface area contributed by atoms with Gasteiger partial charge >= 0.3 is 12.0 Å². The van der Waals surface area contributed by atoms with Gasteiger partial charge in [0.1, 0.15) is 6.04 Å². The van der Waals surface area contributed by atoms with Gasteiger partial charge in [-0.05, 0) is 92.6 Å². The molecule has 0 heterocycles. The first-order chi connectivity index (χ1) is 16.3. The van der Waals surface area contributed by atoms with Crippen LogP contribution in [-0.2, 0) is 4.79 Å². The molecule has 5 aliphatic rings. The summed E-state index contributed by atoms with van der Waals surface area (Å²) in [5, 5.41) is 17.8. The summed E-state index contributed by atoms with van der Waals surface area (Å²) in [4.78, 5) is 36.7. The highest BCUT2D eigenvalue weighted by Gasteiger charge is 2.62. The summed E-state index contributed by atoms with van der Waals surface area (Å²) in [7, 11) is 0. The van der Waals surface area contributed by atoms with Gasteiger partial charge in [-0.15, -0.1) is 0 Å². The molecule has 7 nitrogen and oxygen atoms in total. The lowest BCUT2D eigenvalue weighted by atomic mass is 9.57. The molecule has 4 N–H and O–H groups in total. The van der Waals surface area contributed by atoms with Crippen molar-refractivity contribution in [3.63, 3.8) is 0 Å². The summed E-state index contributed by atoms with van der Waals surface area (Å²) >= 11 is 12.1. The fraction of sp³-hybridized carbons (Fsp3) is 0.640. The van der Waals surface area contributed by atoms with E-state index in [0.29, 0.717) is 5.41 Å². The van der Waals surface area contributed by atoms with Crippen molar-refractivity contribution >= 4 is 41.1 Å². The molecular weight excluding hydrogens is 477 g/mol. The maximum atomic E-state index is 12.5. The summed E-state index contributed by atoms with van der Waals surface area (Å²) in [6.45, 7) is -0.251. The molecule has 1 aromatic carbocycles. The SMILES string of the molecule is O=C(NC[C@H](NC(=O)c1c(Cl)cccc1Cl)C(=O)O)NC1CCC2(CC1)C1CC3CC(C1)C2C3. The zero-order valence-corrected chi connectivity index (χ0v) is 20.5. The third-order valence-corrected chi connectivity index (χ3v) is 9.69. The van der Waals surface area contributed by atoms with Crippen LogP contribution in [0.4, 0.5) is 4.79 Å². The van der Waals surface area contributed by atoms with Gasteiger partial charge in [-0.25, -0.2) is 9.59 Å². The smallest absolute Gasteiger partial charge is 0.328 e. The van der Waals surface area contributed by atoms with Crippen LogP contribution in [-0.4, -0.2) is 41.6 Å². The maximum Gasteiger partial charge on any atom is 0.328 e. The Balaban J connectivity index is 1.11. The molecule has 184 valence electrons. The number of nitrogens with one attached hydrogen (secondary N) is 3. The van der Waals surface area contributed by atoms with Crippen molar-refractivity contribution < 1.29 is 19.5 Å². The van der Waals surface area contributed by atoms with Crippen molar-refractivity contribution in [3.05, 3.63) is 33.8 Å². The first kappa shape index (κ1) is 23.7. The van der Waals surface area contributed by atoms with Crippen LogP contribution in [0.1, 0.15) is 61.7 Å². The highest BCUT2D eigenvalue weighted by atomic mass is 35.5. The molecule has 5 fully saturated rings. The molecule has 5 aliphatic carbocycles. The molecule has 0 saturated heterocycles. The van der Waals surface area contributed by atoms with E-state index < -0.39 is 23.9 Å². The zero-order valence-electron chi connectivity index (χ0n) is 19.0. The number of rotatable bonds is 6. The van der Waals surface area contributed by atoms with E-state index in [0.717, 1.165) is 36.5 Å². The first-order valence-electron chi connectivity index (χ1n) is 12.3. The van der Waals surface area contributed by atoms with Crippen molar-refractivity contribution in [3.8, 4) is 0 Å². The van der Waals surface area contributed by atoms with Crippen molar-refractivity contribution in [2.45, 2.75) is 63.5 Å². The van der Waals surface area contributed by atoms with Crippen LogP contribution in [0, 0.1) is 29.1 Å². The standard InChI is InChI=1S/C25H31Cl2N3O4/c26-18-2-1-3-19(27)21(18)22(31)30-20(23(32)33)12-28-24(34)29-16-4-6-25(7-5-16)15-9-13-8-14(11-15)17(25)10-13/h1-3,13-17,20H,4-12H2,(H,30,31)(H,32,33)(H2,28,29,34)/t13?,14?,15?,16?,17?,20-,25?/m0/s1. The fourth-order valence-electron chi connectivity index (χ4n) is 7.69. The third kappa shape index (κ3) is 4.26. The molecule has 6 rings (SSSR count). The second-order valence-electron chi connectivity index (χ2n) is 10.7. The van der Waals surface area contributed by atoms with Crippen LogP contribution in [0.5, 0.6) is 0 Å². The zero-order chi connectivity index (χ0) is 24.0. The lowest BCUT2D eigenvalue weighted by molar-refractivity contribution is -0.139. The fourth-order valence-corrected chi connectivity index (χ4v) is 8.26. The van der Waals surface area contributed by atoms with Gasteiger partial charge in [0, 0.05) is 6.04 Å². The van der Waals surface area contributed by atoms with Gasteiger partial charge in [-0.1, -0.05) is 29.3 Å². The molecule has 4 bridgehead atoms. The van der Waals surface area contributed by atoms with Crippen LogP contribution < -0.4 is 16.0 Å². The first-order valence-corrected chi connectivity index (χ1v) is 13.0. The van der Waals surface area contributed by atoms with Gasteiger partial charge < -0.3 is 21.1 Å². The number of urea groups is 1. The number of benzene rings is 1. The molecule has 34 heavy (non-hydrogen) atoms. The topological polar surface area (TPSA) is 108 Å². The van der Waals surface area contributed by atoms with Crippen molar-refractivity contribution in [2.24, 2.45) is 29.1 Å². The lowest BCUT2D eigenvalue weighted by Crippen LogP contribution is -2.52. The van der Waals surface area contributed by atoms with E-state index >= 15 is 0 Å². The predicted octanol–water partition coefficient (Wildman–Crippen LogP) is 4.47. The number of halogens is 2. The van der Waals surface area contributed by atoms with Gasteiger partial charge in [0.25, 0.3) is 5.91 Å². The lowest BCUT2D eigenvalue weighted by Gasteiger charge is -2.49. The highest BCUT2D eigenvalue weighted by Crippen LogP contribution is 2.70. The van der Waals surface area contributed by atoms with E-state index in [1.807, 2.05) is 0 Å². The number of carboxylic acids is 1. The minimum Gasteiger partial charge on any atom is -0.480 e. The summed E-state index contributed by atoms with van der Waals surface area (Å²) in [6, 6.07) is 2.97. The second kappa shape index (κ2) is 9.23. The third-order valence-electron chi connectivity index (χ3n) is 9.06. The molecule has 1 spiro atoms. The van der Waals surface area contributed by atoms with Crippen LogP contribution >= 0.6 is 23.2 Å². The van der Waals surface area contributed by atoms with Crippen molar-refractivity contribution in [2.75, 3.05) is 6.54 Å². The number of carboxylic acid groups (broad SMARTS) is 1. The predicted molar refractivity (Wildman–Crippen MR) is 129 cm³/mol.